The summed E-state index contributed by atoms with van der Waals surface area (Å²) in [7, 11) is 3.81. The molecular weight excluding hydrogens is 250 g/mol. The fourth-order valence-electron chi connectivity index (χ4n) is 2.31. The second-order valence-electron chi connectivity index (χ2n) is 4.78. The maximum absolute atomic E-state index is 8.99. The Balaban J connectivity index is 2.43. The maximum atomic E-state index is 8.99. The van der Waals surface area contributed by atoms with Crippen molar-refractivity contribution in [1.82, 2.24) is 9.78 Å². The van der Waals surface area contributed by atoms with Crippen LogP contribution in [0.3, 0.4) is 0 Å². The highest BCUT2D eigenvalue weighted by Crippen LogP contribution is 2.31. The van der Waals surface area contributed by atoms with Crippen LogP contribution in [0.5, 0.6) is 0 Å². The molecule has 2 N–H and O–H groups in total. The summed E-state index contributed by atoms with van der Waals surface area (Å²) in [5.41, 5.74) is 9.39. The van der Waals surface area contributed by atoms with E-state index in [1.165, 1.54) is 0 Å². The fourth-order valence-corrected chi connectivity index (χ4v) is 2.31. The first-order valence-electron chi connectivity index (χ1n) is 6.63. The first kappa shape index (κ1) is 13.9. The van der Waals surface area contributed by atoms with Gasteiger partial charge in [-0.1, -0.05) is 19.4 Å². The number of nitriles is 1. The zero-order valence-electron chi connectivity index (χ0n) is 12.1. The Morgan fingerprint density at radius 2 is 2.20 bits per heavy atom. The third-order valence-electron chi connectivity index (χ3n) is 3.30. The first-order valence-corrected chi connectivity index (χ1v) is 6.63. The van der Waals surface area contributed by atoms with Crippen molar-refractivity contribution < 1.29 is 0 Å². The van der Waals surface area contributed by atoms with Crippen LogP contribution < -0.4 is 10.6 Å². The lowest BCUT2D eigenvalue weighted by atomic mass is 10.2. The summed E-state index contributed by atoms with van der Waals surface area (Å²) in [5, 5.41) is 13.5. The van der Waals surface area contributed by atoms with Gasteiger partial charge in [0.15, 0.2) is 5.82 Å². The lowest BCUT2D eigenvalue weighted by Crippen LogP contribution is -2.15. The zero-order chi connectivity index (χ0) is 14.7. The van der Waals surface area contributed by atoms with Crippen molar-refractivity contribution in [1.29, 1.82) is 5.26 Å². The molecule has 0 bridgehead atoms. The van der Waals surface area contributed by atoms with Crippen molar-refractivity contribution in [3.05, 3.63) is 35.5 Å². The van der Waals surface area contributed by atoms with Crippen LogP contribution in [0.4, 0.5) is 17.2 Å². The standard InChI is InChI=1S/C15H19N5/c1-4-6-13-14(17)15(20(3)18-13)19(2)12-8-5-7-11(9-12)10-16/h5,7-9H,4,6,17H2,1-3H3. The Morgan fingerprint density at radius 3 is 2.85 bits per heavy atom. The molecule has 0 saturated carbocycles. The second kappa shape index (κ2) is 5.66. The van der Waals surface area contributed by atoms with Crippen LogP contribution in [-0.2, 0) is 13.5 Å². The molecule has 2 aromatic rings. The quantitative estimate of drug-likeness (QED) is 0.926. The van der Waals surface area contributed by atoms with Crippen LogP contribution in [0.15, 0.2) is 24.3 Å². The highest BCUT2D eigenvalue weighted by Gasteiger charge is 2.17. The fraction of sp³-hybridized carbons (Fsp3) is 0.333. The predicted octanol–water partition coefficient (Wildman–Crippen LogP) is 2.59. The van der Waals surface area contributed by atoms with Crippen molar-refractivity contribution in [3.63, 3.8) is 0 Å². The normalized spacial score (nSPS) is 10.3. The first-order chi connectivity index (χ1) is 9.58. The molecule has 20 heavy (non-hydrogen) atoms. The van der Waals surface area contributed by atoms with E-state index in [-0.39, 0.29) is 0 Å². The highest BCUT2D eigenvalue weighted by atomic mass is 15.4. The van der Waals surface area contributed by atoms with E-state index in [1.807, 2.05) is 37.2 Å². The van der Waals surface area contributed by atoms with Gasteiger partial charge in [-0.25, -0.2) is 0 Å². The number of hydrogen-bond donors (Lipinski definition) is 1. The number of benzene rings is 1. The third kappa shape index (κ3) is 2.45. The molecule has 0 atom stereocenters. The van der Waals surface area contributed by atoms with E-state index in [2.05, 4.69) is 18.1 Å². The summed E-state index contributed by atoms with van der Waals surface area (Å²) < 4.78 is 1.79. The van der Waals surface area contributed by atoms with E-state index in [9.17, 15) is 0 Å². The molecule has 104 valence electrons. The Bertz CT molecular complexity index is 651. The summed E-state index contributed by atoms with van der Waals surface area (Å²) in [6.45, 7) is 2.11. The van der Waals surface area contributed by atoms with E-state index in [1.54, 1.807) is 10.7 Å². The summed E-state index contributed by atoms with van der Waals surface area (Å²) in [5.74, 6) is 0.850. The Kier molecular flexibility index (Phi) is 3.94. The number of nitrogen functional groups attached to an aromatic ring is 1. The smallest absolute Gasteiger partial charge is 0.154 e. The Hall–Kier alpha value is -2.48. The molecule has 0 radical (unpaired) electrons. The molecule has 5 heteroatoms. The third-order valence-corrected chi connectivity index (χ3v) is 3.30. The number of nitrogens with zero attached hydrogens (tertiary/aromatic N) is 4. The second-order valence-corrected chi connectivity index (χ2v) is 4.78. The highest BCUT2D eigenvalue weighted by molar-refractivity contribution is 5.73. The molecule has 0 amide bonds. The lowest BCUT2D eigenvalue weighted by molar-refractivity contribution is 0.730. The van der Waals surface area contributed by atoms with Crippen molar-refractivity contribution in [2.24, 2.45) is 7.05 Å². The molecule has 0 unspecified atom stereocenters. The molecule has 0 saturated heterocycles. The summed E-state index contributed by atoms with van der Waals surface area (Å²) >= 11 is 0. The summed E-state index contributed by atoms with van der Waals surface area (Å²) in [6, 6.07) is 9.59. The van der Waals surface area contributed by atoms with Gasteiger partial charge >= 0.3 is 0 Å². The topological polar surface area (TPSA) is 70.9 Å². The van der Waals surface area contributed by atoms with Crippen LogP contribution in [0, 0.1) is 11.3 Å². The van der Waals surface area contributed by atoms with Crippen LogP contribution in [0.2, 0.25) is 0 Å². The van der Waals surface area contributed by atoms with Crippen LogP contribution in [0.25, 0.3) is 0 Å². The molecule has 0 spiro atoms. The van der Waals surface area contributed by atoms with Gasteiger partial charge in [0, 0.05) is 19.8 Å². The van der Waals surface area contributed by atoms with Gasteiger partial charge in [0.25, 0.3) is 0 Å². The van der Waals surface area contributed by atoms with Gasteiger partial charge in [-0.15, -0.1) is 0 Å². The minimum absolute atomic E-state index is 0.629. The van der Waals surface area contributed by atoms with Crippen LogP contribution in [-0.4, -0.2) is 16.8 Å². The molecule has 1 heterocycles. The van der Waals surface area contributed by atoms with Crippen molar-refractivity contribution in [2.75, 3.05) is 17.7 Å². The lowest BCUT2D eigenvalue weighted by Gasteiger charge is -2.20. The molecule has 0 aliphatic carbocycles. The minimum atomic E-state index is 0.629. The Morgan fingerprint density at radius 1 is 1.45 bits per heavy atom. The number of rotatable bonds is 4. The number of hydrogen-bond acceptors (Lipinski definition) is 4. The van der Waals surface area contributed by atoms with Crippen molar-refractivity contribution in [2.45, 2.75) is 19.8 Å². The van der Waals surface area contributed by atoms with E-state index in [4.69, 9.17) is 11.0 Å². The monoisotopic (exact) mass is 269 g/mol. The van der Waals surface area contributed by atoms with E-state index in [0.29, 0.717) is 11.3 Å². The largest absolute Gasteiger partial charge is 0.394 e. The summed E-state index contributed by atoms with van der Waals surface area (Å²) in [6.07, 6.45) is 1.88. The maximum Gasteiger partial charge on any atom is 0.154 e. The van der Waals surface area contributed by atoms with Crippen LogP contribution in [0.1, 0.15) is 24.6 Å². The average Bonchev–Trinajstić information content (AvgIpc) is 2.73. The molecule has 0 aliphatic heterocycles. The van der Waals surface area contributed by atoms with Gasteiger partial charge in [0.05, 0.1) is 23.0 Å². The van der Waals surface area contributed by atoms with Gasteiger partial charge in [0.2, 0.25) is 0 Å². The molecule has 2 rings (SSSR count). The van der Waals surface area contributed by atoms with Gasteiger partial charge in [-0.2, -0.15) is 10.4 Å². The number of aromatic nitrogens is 2. The van der Waals surface area contributed by atoms with Crippen LogP contribution >= 0.6 is 0 Å². The molecule has 0 fully saturated rings. The van der Waals surface area contributed by atoms with Crippen molar-refractivity contribution >= 4 is 17.2 Å². The number of nitrogens with two attached hydrogens (primary N) is 1. The van der Waals surface area contributed by atoms with Gasteiger partial charge < -0.3 is 10.6 Å². The van der Waals surface area contributed by atoms with E-state index >= 15 is 0 Å². The molecular formula is C15H19N5. The number of aryl methyl sites for hydroxylation is 2. The van der Waals surface area contributed by atoms with Gasteiger partial charge in [-0.05, 0) is 24.6 Å². The van der Waals surface area contributed by atoms with Gasteiger partial charge in [-0.3, -0.25) is 4.68 Å². The SMILES string of the molecule is CCCc1nn(C)c(N(C)c2cccc(C#N)c2)c1N. The average molecular weight is 269 g/mol. The molecule has 0 aliphatic rings. The predicted molar refractivity (Wildman–Crippen MR) is 80.8 cm³/mol. The molecule has 5 nitrogen and oxygen atoms in total. The summed E-state index contributed by atoms with van der Waals surface area (Å²) in [4.78, 5) is 1.96. The molecule has 1 aromatic carbocycles. The minimum Gasteiger partial charge on any atom is -0.394 e. The number of anilines is 3. The van der Waals surface area contributed by atoms with E-state index in [0.717, 1.165) is 30.0 Å². The van der Waals surface area contributed by atoms with Crippen molar-refractivity contribution in [3.8, 4) is 6.07 Å². The Labute approximate surface area is 119 Å². The van der Waals surface area contributed by atoms with Gasteiger partial charge in [0.1, 0.15) is 0 Å². The van der Waals surface area contributed by atoms with E-state index < -0.39 is 0 Å². The zero-order valence-corrected chi connectivity index (χ0v) is 12.1. The molecule has 1 aromatic heterocycles.